The van der Waals surface area contributed by atoms with E-state index in [1.807, 2.05) is 0 Å². The molecule has 4 N–H and O–H groups in total. The number of aliphatic hydroxyl groups is 2. The molecule has 5 rings (SSSR count). The fourth-order valence-electron chi connectivity index (χ4n) is 4.01. The maximum absolute atomic E-state index is 14.4. The monoisotopic (exact) mass is 494 g/mol. The van der Waals surface area contributed by atoms with Gasteiger partial charge in [-0.15, -0.1) is 0 Å². The van der Waals surface area contributed by atoms with Crippen molar-refractivity contribution in [1.82, 2.24) is 15.0 Å². The minimum absolute atomic E-state index is 0.179. The van der Waals surface area contributed by atoms with E-state index >= 15 is 0 Å². The number of imidazole rings is 1. The van der Waals surface area contributed by atoms with E-state index in [1.165, 1.54) is 24.3 Å². The van der Waals surface area contributed by atoms with Gasteiger partial charge < -0.3 is 34.7 Å². The van der Waals surface area contributed by atoms with Gasteiger partial charge in [0.05, 0.1) is 30.4 Å². The third-order valence-corrected chi connectivity index (χ3v) is 5.95. The number of nitrogens with zero attached hydrogens (tertiary/aromatic N) is 2. The van der Waals surface area contributed by atoms with E-state index in [2.05, 4.69) is 20.3 Å². The number of rotatable bonds is 7. The number of hydrogen-bond acceptors (Lipinski definition) is 8. The van der Waals surface area contributed by atoms with Crippen molar-refractivity contribution in [2.45, 2.75) is 31.0 Å². The standard InChI is InChI=1S/C22H21ClF2N4O5/c23-12-6-15-21(29-22(27-15)34-17-9-33-18-16(31)8-32-19(17)18)28-20(12)26-7-11-13(24)4-10(2-1-3-30)5-14(11)25/h1-2,4-6,16-19,30-31H,3,7-9H2,(H2,26,27,28,29)/b2-1+/t16-,17-,18-,19-/m1/s1. The summed E-state index contributed by atoms with van der Waals surface area (Å²) in [7, 11) is 0. The number of ether oxygens (including phenoxy) is 3. The van der Waals surface area contributed by atoms with Crippen LogP contribution in [-0.2, 0) is 16.0 Å². The molecule has 2 aromatic heterocycles. The van der Waals surface area contributed by atoms with Crippen LogP contribution in [0.1, 0.15) is 11.1 Å². The van der Waals surface area contributed by atoms with Gasteiger partial charge in [0, 0.05) is 12.1 Å². The largest absolute Gasteiger partial charge is 0.456 e. The van der Waals surface area contributed by atoms with Crippen LogP contribution < -0.4 is 10.1 Å². The molecule has 4 heterocycles. The number of anilines is 1. The van der Waals surface area contributed by atoms with Gasteiger partial charge in [-0.1, -0.05) is 23.8 Å². The fraction of sp³-hybridized carbons (Fsp3) is 0.364. The Bertz CT molecular complexity index is 1220. The van der Waals surface area contributed by atoms with Crippen molar-refractivity contribution in [3.63, 3.8) is 0 Å². The summed E-state index contributed by atoms with van der Waals surface area (Å²) in [6, 6.07) is 4.10. The predicted octanol–water partition coefficient (Wildman–Crippen LogP) is 2.41. The van der Waals surface area contributed by atoms with E-state index in [0.29, 0.717) is 11.1 Å². The Labute approximate surface area is 197 Å². The Morgan fingerprint density at radius 2 is 1.94 bits per heavy atom. The van der Waals surface area contributed by atoms with E-state index in [4.69, 9.17) is 30.9 Å². The molecule has 0 amide bonds. The average molecular weight is 495 g/mol. The number of hydrogen-bond donors (Lipinski definition) is 4. The second-order valence-corrected chi connectivity index (χ2v) is 8.36. The maximum Gasteiger partial charge on any atom is 0.296 e. The van der Waals surface area contributed by atoms with Crippen molar-refractivity contribution >= 4 is 34.7 Å². The summed E-state index contributed by atoms with van der Waals surface area (Å²) in [6.07, 6.45) is 0.842. The molecular formula is C22H21ClF2N4O5. The highest BCUT2D eigenvalue weighted by atomic mass is 35.5. The molecule has 0 aliphatic carbocycles. The molecule has 3 aromatic rings. The highest BCUT2D eigenvalue weighted by molar-refractivity contribution is 6.33. The summed E-state index contributed by atoms with van der Waals surface area (Å²) >= 11 is 6.30. The Hall–Kier alpha value is -2.83. The van der Waals surface area contributed by atoms with Crippen molar-refractivity contribution in [2.75, 3.05) is 25.1 Å². The van der Waals surface area contributed by atoms with Gasteiger partial charge in [0.15, 0.2) is 11.8 Å². The first-order chi connectivity index (χ1) is 16.4. The van der Waals surface area contributed by atoms with Gasteiger partial charge in [-0.25, -0.2) is 13.8 Å². The Morgan fingerprint density at radius 3 is 2.71 bits per heavy atom. The van der Waals surface area contributed by atoms with Gasteiger partial charge in [0.1, 0.15) is 35.8 Å². The molecule has 2 fully saturated rings. The first-order valence-corrected chi connectivity index (χ1v) is 10.9. The quantitative estimate of drug-likeness (QED) is 0.395. The lowest BCUT2D eigenvalue weighted by atomic mass is 10.1. The van der Waals surface area contributed by atoms with Crippen LogP contribution in [0.25, 0.3) is 17.2 Å². The van der Waals surface area contributed by atoms with Gasteiger partial charge in [0.25, 0.3) is 6.01 Å². The molecule has 0 spiro atoms. The number of benzene rings is 1. The summed E-state index contributed by atoms with van der Waals surface area (Å²) < 4.78 is 45.8. The zero-order valence-electron chi connectivity index (χ0n) is 17.7. The van der Waals surface area contributed by atoms with Crippen molar-refractivity contribution in [3.8, 4) is 6.01 Å². The number of H-pyrrole nitrogens is 1. The Balaban J connectivity index is 1.30. The molecular weight excluding hydrogens is 474 g/mol. The fourth-order valence-corrected chi connectivity index (χ4v) is 4.23. The molecule has 0 bridgehead atoms. The maximum atomic E-state index is 14.4. The number of nitrogens with one attached hydrogen (secondary N) is 2. The van der Waals surface area contributed by atoms with E-state index in [9.17, 15) is 13.9 Å². The third-order valence-electron chi connectivity index (χ3n) is 5.66. The van der Waals surface area contributed by atoms with Gasteiger partial charge >= 0.3 is 0 Å². The minimum Gasteiger partial charge on any atom is -0.456 e. The number of halogens is 3. The molecule has 2 saturated heterocycles. The SMILES string of the molecule is OC/C=C/c1cc(F)c(CNc2nc3nc(O[C@@H]4CO[C@H]5[C@@H]4OC[C@H]5O)[nH]c3cc2Cl)c(F)c1. The normalized spacial score (nSPS) is 24.3. The van der Waals surface area contributed by atoms with Crippen LogP contribution in [0.2, 0.25) is 5.02 Å². The zero-order valence-corrected chi connectivity index (χ0v) is 18.4. The van der Waals surface area contributed by atoms with Gasteiger partial charge in [-0.2, -0.15) is 4.98 Å². The van der Waals surface area contributed by atoms with E-state index in [-0.39, 0.29) is 54.4 Å². The summed E-state index contributed by atoms with van der Waals surface area (Å²) in [6.45, 7) is 0.00230. The Morgan fingerprint density at radius 1 is 1.18 bits per heavy atom. The van der Waals surface area contributed by atoms with Crippen LogP contribution in [0.4, 0.5) is 14.6 Å². The van der Waals surface area contributed by atoms with Gasteiger partial charge in [-0.05, 0) is 23.8 Å². The van der Waals surface area contributed by atoms with E-state index in [1.54, 1.807) is 6.07 Å². The average Bonchev–Trinajstić information content (AvgIpc) is 3.48. The molecule has 4 atom stereocenters. The number of aromatic nitrogens is 3. The second-order valence-electron chi connectivity index (χ2n) is 7.95. The zero-order chi connectivity index (χ0) is 23.8. The molecule has 12 heteroatoms. The first-order valence-electron chi connectivity index (χ1n) is 10.6. The number of pyridine rings is 1. The van der Waals surface area contributed by atoms with Crippen molar-refractivity contribution in [3.05, 3.63) is 52.1 Å². The molecule has 9 nitrogen and oxygen atoms in total. The van der Waals surface area contributed by atoms with Gasteiger partial charge in [-0.3, -0.25) is 0 Å². The number of aromatic amines is 1. The summed E-state index contributed by atoms with van der Waals surface area (Å²) in [5.74, 6) is -1.29. The second kappa shape index (κ2) is 9.43. The molecule has 0 radical (unpaired) electrons. The van der Waals surface area contributed by atoms with Crippen LogP contribution in [0.5, 0.6) is 6.01 Å². The first kappa shape index (κ1) is 22.9. The highest BCUT2D eigenvalue weighted by Crippen LogP contribution is 2.31. The summed E-state index contributed by atoms with van der Waals surface area (Å²) in [5.41, 5.74) is 0.909. The Kier molecular flexibility index (Phi) is 6.36. The van der Waals surface area contributed by atoms with Crippen LogP contribution in [0.3, 0.4) is 0 Å². The van der Waals surface area contributed by atoms with Crippen LogP contribution in [-0.4, -0.2) is 69.4 Å². The summed E-state index contributed by atoms with van der Waals surface area (Å²) in [4.78, 5) is 11.6. The lowest BCUT2D eigenvalue weighted by molar-refractivity contribution is 0.00706. The van der Waals surface area contributed by atoms with Crippen LogP contribution >= 0.6 is 11.6 Å². The van der Waals surface area contributed by atoms with Crippen LogP contribution in [0, 0.1) is 11.6 Å². The highest BCUT2D eigenvalue weighted by Gasteiger charge is 2.48. The number of fused-ring (bicyclic) bond motifs is 2. The smallest absolute Gasteiger partial charge is 0.296 e. The minimum atomic E-state index is -0.742. The molecule has 2 aliphatic rings. The summed E-state index contributed by atoms with van der Waals surface area (Å²) in [5, 5.41) is 21.7. The van der Waals surface area contributed by atoms with Crippen molar-refractivity contribution in [2.24, 2.45) is 0 Å². The van der Waals surface area contributed by atoms with Gasteiger partial charge in [0.2, 0.25) is 0 Å². The van der Waals surface area contributed by atoms with E-state index in [0.717, 1.165) is 0 Å². The topological polar surface area (TPSA) is 122 Å². The molecule has 0 unspecified atom stereocenters. The molecule has 34 heavy (non-hydrogen) atoms. The predicted molar refractivity (Wildman–Crippen MR) is 119 cm³/mol. The molecule has 1 aromatic carbocycles. The lowest BCUT2D eigenvalue weighted by Gasteiger charge is -2.15. The molecule has 180 valence electrons. The molecule has 2 aliphatic heterocycles. The lowest BCUT2D eigenvalue weighted by Crippen LogP contribution is -2.34. The van der Waals surface area contributed by atoms with Crippen molar-refractivity contribution in [1.29, 1.82) is 0 Å². The molecule has 0 saturated carbocycles. The number of aliphatic hydroxyl groups excluding tert-OH is 2. The van der Waals surface area contributed by atoms with Crippen LogP contribution in [0.15, 0.2) is 24.3 Å². The third kappa shape index (κ3) is 4.44. The van der Waals surface area contributed by atoms with E-state index < -0.39 is 36.1 Å². The van der Waals surface area contributed by atoms with Crippen molar-refractivity contribution < 1.29 is 33.2 Å².